The quantitative estimate of drug-likeness (QED) is 0.129. The van der Waals surface area contributed by atoms with E-state index in [0.29, 0.717) is 29.6 Å². The maximum atomic E-state index is 11.0. The Balaban J connectivity index is 1.77. The molecule has 4 rings (SSSR count). The number of carboxylic acid groups (broad SMARTS) is 1. The lowest BCUT2D eigenvalue weighted by Crippen LogP contribution is -2.22. The van der Waals surface area contributed by atoms with Crippen molar-refractivity contribution in [3.63, 3.8) is 0 Å². The number of imidazole rings is 1. The zero-order valence-electron chi connectivity index (χ0n) is 22.2. The molecule has 2 aromatic carbocycles. The highest BCUT2D eigenvalue weighted by molar-refractivity contribution is 9.10. The van der Waals surface area contributed by atoms with Gasteiger partial charge in [-0.05, 0) is 58.2 Å². The van der Waals surface area contributed by atoms with Crippen LogP contribution < -0.4 is 5.32 Å². The summed E-state index contributed by atoms with van der Waals surface area (Å²) >= 11 is 10.5. The Labute approximate surface area is 243 Å². The van der Waals surface area contributed by atoms with Crippen molar-refractivity contribution in [2.45, 2.75) is 44.8 Å². The summed E-state index contributed by atoms with van der Waals surface area (Å²) in [6.45, 7) is 7.88. The topological polar surface area (TPSA) is 89.3 Å². The second-order valence-corrected chi connectivity index (χ2v) is 17.4. The van der Waals surface area contributed by atoms with E-state index in [4.69, 9.17) is 31.4 Å². The van der Waals surface area contributed by atoms with Gasteiger partial charge in [0, 0.05) is 36.6 Å². The van der Waals surface area contributed by atoms with Crippen molar-refractivity contribution in [3.8, 4) is 11.3 Å². The fraction of sp³-hybridized carbons (Fsp3) is 0.276. The fourth-order valence-corrected chi connectivity index (χ4v) is 5.44. The third-order valence-electron chi connectivity index (χ3n) is 6.26. The van der Waals surface area contributed by atoms with E-state index in [1.165, 1.54) is 0 Å². The zero-order valence-corrected chi connectivity index (χ0v) is 25.5. The van der Waals surface area contributed by atoms with E-state index >= 15 is 0 Å². The van der Waals surface area contributed by atoms with Gasteiger partial charge in [0.15, 0.2) is 0 Å². The summed E-state index contributed by atoms with van der Waals surface area (Å²) in [5.41, 5.74) is 3.89. The molecule has 7 nitrogen and oxygen atoms in total. The van der Waals surface area contributed by atoms with E-state index in [1.54, 1.807) is 18.3 Å². The number of hydrogen-bond donors (Lipinski definition) is 2. The molecule has 0 spiro atoms. The van der Waals surface area contributed by atoms with Crippen LogP contribution in [0.2, 0.25) is 30.8 Å². The van der Waals surface area contributed by atoms with Gasteiger partial charge in [-0.3, -0.25) is 14.9 Å². The molecule has 10 heteroatoms. The van der Waals surface area contributed by atoms with Crippen molar-refractivity contribution in [1.29, 1.82) is 0 Å². The summed E-state index contributed by atoms with van der Waals surface area (Å²) in [5, 5.41) is 11.9. The number of halogens is 2. The predicted molar refractivity (Wildman–Crippen MR) is 162 cm³/mol. The van der Waals surface area contributed by atoms with Crippen molar-refractivity contribution < 1.29 is 14.6 Å². The highest BCUT2D eigenvalue weighted by Gasteiger charge is 2.27. The smallest absolute Gasteiger partial charge is 0.409 e. The van der Waals surface area contributed by atoms with Gasteiger partial charge in [0.25, 0.3) is 0 Å². The Morgan fingerprint density at radius 3 is 2.44 bits per heavy atom. The molecule has 2 N–H and O–H groups in total. The largest absolute Gasteiger partial charge is 0.465 e. The van der Waals surface area contributed by atoms with Crippen LogP contribution in [0.25, 0.3) is 11.3 Å². The number of carbonyl (C=O) groups is 1. The molecular weight excluding hydrogens is 596 g/mol. The Kier molecular flexibility index (Phi) is 9.61. The Hall–Kier alpha value is -2.98. The van der Waals surface area contributed by atoms with E-state index in [1.807, 2.05) is 47.0 Å². The van der Waals surface area contributed by atoms with Gasteiger partial charge in [0.2, 0.25) is 0 Å². The first-order valence-electron chi connectivity index (χ1n) is 12.7. The number of pyridine rings is 1. The molecule has 0 radical (unpaired) electrons. The number of amides is 1. The highest BCUT2D eigenvalue weighted by atomic mass is 79.9. The third kappa shape index (κ3) is 8.01. The molecule has 2 aromatic heterocycles. The van der Waals surface area contributed by atoms with Crippen molar-refractivity contribution in [3.05, 3.63) is 99.6 Å². The first-order valence-corrected chi connectivity index (χ1v) is 17.6. The lowest BCUT2D eigenvalue weighted by Gasteiger charge is -2.20. The number of nitrogens with one attached hydrogen (secondary N) is 1. The number of anilines is 1. The van der Waals surface area contributed by atoms with Gasteiger partial charge in [-0.2, -0.15) is 0 Å². The van der Waals surface area contributed by atoms with Gasteiger partial charge in [0.05, 0.1) is 11.6 Å². The SMILES string of the molecule is C[Si](C)(C)CCOCn1c(C(Cc2ccccc2)c2ccc(Br)cn2)nc(-c2ccc(NC(=O)O)cc2)c1Cl. The van der Waals surface area contributed by atoms with E-state index < -0.39 is 14.2 Å². The average Bonchev–Trinajstić information content (AvgIpc) is 3.21. The van der Waals surface area contributed by atoms with Crippen molar-refractivity contribution in [2.75, 3.05) is 11.9 Å². The number of rotatable bonds is 11. The molecule has 204 valence electrons. The van der Waals surface area contributed by atoms with Crippen LogP contribution in [-0.4, -0.2) is 40.4 Å². The van der Waals surface area contributed by atoms with Crippen LogP contribution in [0.5, 0.6) is 0 Å². The molecule has 1 atom stereocenters. The monoisotopic (exact) mass is 626 g/mol. The van der Waals surface area contributed by atoms with Gasteiger partial charge in [-0.15, -0.1) is 0 Å². The van der Waals surface area contributed by atoms with Gasteiger partial charge in [-0.25, -0.2) is 9.78 Å². The summed E-state index contributed by atoms with van der Waals surface area (Å²) in [7, 11) is -1.26. The average molecular weight is 628 g/mol. The summed E-state index contributed by atoms with van der Waals surface area (Å²) in [4.78, 5) is 20.8. The second-order valence-electron chi connectivity index (χ2n) is 10.5. The molecule has 0 aliphatic heterocycles. The summed E-state index contributed by atoms with van der Waals surface area (Å²) < 4.78 is 8.99. The molecule has 0 aliphatic rings. The molecule has 39 heavy (non-hydrogen) atoms. The van der Waals surface area contributed by atoms with Gasteiger partial charge in [-0.1, -0.05) is 73.7 Å². The van der Waals surface area contributed by atoms with Gasteiger partial charge < -0.3 is 9.84 Å². The second kappa shape index (κ2) is 12.9. The van der Waals surface area contributed by atoms with Crippen molar-refractivity contribution >= 4 is 47.4 Å². The number of ether oxygens (including phenoxy) is 1. The number of nitrogens with zero attached hydrogens (tertiary/aromatic N) is 3. The predicted octanol–water partition coefficient (Wildman–Crippen LogP) is 8.14. The molecule has 4 aromatic rings. The minimum absolute atomic E-state index is 0.180. The molecule has 1 unspecified atom stereocenters. The summed E-state index contributed by atoms with van der Waals surface area (Å²) in [6.07, 6.45) is 1.36. The van der Waals surface area contributed by atoms with Crippen molar-refractivity contribution in [1.82, 2.24) is 14.5 Å². The Bertz CT molecular complexity index is 1390. The van der Waals surface area contributed by atoms with E-state index in [9.17, 15) is 4.79 Å². The minimum Gasteiger partial charge on any atom is -0.465 e. The van der Waals surface area contributed by atoms with E-state index in [2.05, 4.69) is 53.0 Å². The lowest BCUT2D eigenvalue weighted by molar-refractivity contribution is 0.0848. The van der Waals surface area contributed by atoms with Crippen LogP contribution in [0.15, 0.2) is 77.4 Å². The summed E-state index contributed by atoms with van der Waals surface area (Å²) in [5.74, 6) is 0.578. The molecule has 2 heterocycles. The fourth-order valence-electron chi connectivity index (χ4n) is 4.16. The normalized spacial score (nSPS) is 12.3. The van der Waals surface area contributed by atoms with Gasteiger partial charge in [0.1, 0.15) is 23.4 Å². The zero-order chi connectivity index (χ0) is 28.0. The number of hydrogen-bond acceptors (Lipinski definition) is 4. The molecular formula is C29H32BrClN4O3Si. The maximum absolute atomic E-state index is 11.0. The van der Waals surface area contributed by atoms with Crippen LogP contribution >= 0.6 is 27.5 Å². The van der Waals surface area contributed by atoms with Crippen LogP contribution in [-0.2, 0) is 17.9 Å². The Morgan fingerprint density at radius 1 is 1.10 bits per heavy atom. The van der Waals surface area contributed by atoms with Crippen LogP contribution in [0.4, 0.5) is 10.5 Å². The molecule has 0 saturated carbocycles. The minimum atomic E-state index is -1.26. The highest BCUT2D eigenvalue weighted by Crippen LogP contribution is 2.35. The van der Waals surface area contributed by atoms with Crippen LogP contribution in [0.1, 0.15) is 23.0 Å². The number of benzene rings is 2. The molecule has 0 saturated heterocycles. The first-order chi connectivity index (χ1) is 18.6. The molecule has 0 fully saturated rings. The van der Waals surface area contributed by atoms with Crippen LogP contribution in [0, 0.1) is 0 Å². The van der Waals surface area contributed by atoms with Gasteiger partial charge >= 0.3 is 6.09 Å². The lowest BCUT2D eigenvalue weighted by atomic mass is 9.94. The molecule has 0 bridgehead atoms. The first kappa shape index (κ1) is 29.0. The third-order valence-corrected chi connectivity index (χ3v) is 8.82. The van der Waals surface area contributed by atoms with E-state index in [0.717, 1.165) is 33.2 Å². The number of aromatic nitrogens is 3. The summed E-state index contributed by atoms with van der Waals surface area (Å²) in [6, 6.07) is 22.3. The standard InChI is InChI=1S/C29H32BrClN4O3Si/c1-39(2,3)16-15-38-19-35-27(31)26(21-9-12-23(13-10-21)33-29(36)37)34-28(35)24(17-20-7-5-4-6-8-20)25-14-11-22(30)18-32-25/h4-14,18,24,33H,15-17,19H2,1-3H3,(H,36,37). The van der Waals surface area contributed by atoms with E-state index in [-0.39, 0.29) is 12.6 Å². The molecule has 1 amide bonds. The van der Waals surface area contributed by atoms with Crippen molar-refractivity contribution in [2.24, 2.45) is 0 Å². The Morgan fingerprint density at radius 2 is 1.82 bits per heavy atom. The maximum Gasteiger partial charge on any atom is 0.409 e. The molecule has 0 aliphatic carbocycles. The van der Waals surface area contributed by atoms with Crippen LogP contribution in [0.3, 0.4) is 0 Å².